The van der Waals surface area contributed by atoms with Crippen molar-refractivity contribution in [2.75, 3.05) is 11.4 Å². The highest BCUT2D eigenvalue weighted by atomic mass is 79.9. The van der Waals surface area contributed by atoms with Gasteiger partial charge in [0.25, 0.3) is 0 Å². The molecule has 1 heterocycles. The Labute approximate surface area is 143 Å². The number of carbonyl (C=O) groups is 1. The van der Waals surface area contributed by atoms with E-state index in [1.54, 1.807) is 4.90 Å². The van der Waals surface area contributed by atoms with Crippen LogP contribution in [-0.2, 0) is 17.4 Å². The van der Waals surface area contributed by atoms with E-state index in [9.17, 15) is 18.0 Å². The second-order valence-corrected chi connectivity index (χ2v) is 6.80. The minimum Gasteiger partial charge on any atom is -0.312 e. The fourth-order valence-corrected chi connectivity index (χ4v) is 3.67. The minimum atomic E-state index is -4.42. The predicted molar refractivity (Wildman–Crippen MR) is 88.5 cm³/mol. The lowest BCUT2D eigenvalue weighted by Crippen LogP contribution is -2.34. The molecule has 0 saturated heterocycles. The Morgan fingerprint density at radius 2 is 2.04 bits per heavy atom. The Kier molecular flexibility index (Phi) is 5.76. The zero-order chi connectivity index (χ0) is 17.2. The molecule has 0 aromatic heterocycles. The Hall–Kier alpha value is -1.04. The van der Waals surface area contributed by atoms with Gasteiger partial charge in [0.05, 0.1) is 5.56 Å². The normalized spacial score (nSPS) is 15.7. The number of alkyl halides is 3. The number of rotatable bonds is 5. The van der Waals surface area contributed by atoms with E-state index < -0.39 is 11.7 Å². The minimum absolute atomic E-state index is 0.0501. The number of hydrogen-bond acceptors (Lipinski definition) is 1. The summed E-state index contributed by atoms with van der Waals surface area (Å²) >= 11 is 3.23. The first-order chi connectivity index (χ1) is 10.8. The van der Waals surface area contributed by atoms with Gasteiger partial charge >= 0.3 is 6.18 Å². The average molecular weight is 392 g/mol. The molecule has 6 heteroatoms. The van der Waals surface area contributed by atoms with Crippen molar-refractivity contribution < 1.29 is 18.0 Å². The highest BCUT2D eigenvalue weighted by molar-refractivity contribution is 9.10. The predicted octanol–water partition coefficient (Wildman–Crippen LogP) is 5.57. The molecule has 0 radical (unpaired) electrons. The van der Waals surface area contributed by atoms with Crippen LogP contribution in [0.4, 0.5) is 18.9 Å². The van der Waals surface area contributed by atoms with E-state index in [1.165, 1.54) is 0 Å². The van der Waals surface area contributed by atoms with Crippen molar-refractivity contribution in [1.82, 2.24) is 0 Å². The van der Waals surface area contributed by atoms with Gasteiger partial charge in [-0.05, 0) is 37.0 Å². The van der Waals surface area contributed by atoms with Crippen molar-refractivity contribution in [2.24, 2.45) is 5.92 Å². The highest BCUT2D eigenvalue weighted by Gasteiger charge is 2.36. The van der Waals surface area contributed by atoms with Crippen LogP contribution >= 0.6 is 15.9 Å². The summed E-state index contributed by atoms with van der Waals surface area (Å²) < 4.78 is 39.5. The van der Waals surface area contributed by atoms with Crippen LogP contribution < -0.4 is 4.90 Å². The number of halogens is 4. The van der Waals surface area contributed by atoms with Crippen LogP contribution in [-0.4, -0.2) is 12.5 Å². The molecule has 2 rings (SSSR count). The molecule has 0 spiro atoms. The molecule has 1 aromatic carbocycles. The third-order valence-corrected chi connectivity index (χ3v) is 5.10. The zero-order valence-corrected chi connectivity index (χ0v) is 14.9. The molecule has 0 saturated carbocycles. The summed E-state index contributed by atoms with van der Waals surface area (Å²) in [6, 6.07) is 2.21. The van der Waals surface area contributed by atoms with Gasteiger partial charge in [0.15, 0.2) is 0 Å². The number of hydrogen-bond donors (Lipinski definition) is 0. The van der Waals surface area contributed by atoms with Crippen LogP contribution in [0.25, 0.3) is 0 Å². The second kappa shape index (κ2) is 7.24. The van der Waals surface area contributed by atoms with Crippen molar-refractivity contribution in [3.05, 3.63) is 27.7 Å². The molecule has 0 fully saturated rings. The molecule has 0 aliphatic carbocycles. The molecule has 2 nitrogen and oxygen atoms in total. The molecule has 1 unspecified atom stereocenters. The molecule has 23 heavy (non-hydrogen) atoms. The number of unbranched alkanes of at least 4 members (excludes halogenated alkanes) is 1. The van der Waals surface area contributed by atoms with Crippen LogP contribution in [0.3, 0.4) is 0 Å². The van der Waals surface area contributed by atoms with Crippen LogP contribution in [0.15, 0.2) is 16.6 Å². The fraction of sp³-hybridized carbons (Fsp3) is 0.588. The van der Waals surface area contributed by atoms with Crippen LogP contribution in [0.1, 0.15) is 50.7 Å². The molecule has 128 valence electrons. The summed E-state index contributed by atoms with van der Waals surface area (Å²) in [6.45, 7) is 4.48. The number of amides is 1. The first-order valence-electron chi connectivity index (χ1n) is 8.00. The Bertz CT molecular complexity index is 586. The molecule has 0 N–H and O–H groups in total. The van der Waals surface area contributed by atoms with E-state index in [0.29, 0.717) is 29.5 Å². The molecule has 1 aliphatic rings. The number of nitrogens with zero attached hydrogens (tertiary/aromatic N) is 1. The van der Waals surface area contributed by atoms with Crippen LogP contribution in [0.5, 0.6) is 0 Å². The maximum absolute atomic E-state index is 13.0. The summed E-state index contributed by atoms with van der Waals surface area (Å²) in [5.74, 6) is -0.167. The van der Waals surface area contributed by atoms with Gasteiger partial charge in [-0.15, -0.1) is 0 Å². The highest BCUT2D eigenvalue weighted by Crippen LogP contribution is 2.41. The van der Waals surface area contributed by atoms with Gasteiger partial charge in [0, 0.05) is 22.6 Å². The zero-order valence-electron chi connectivity index (χ0n) is 13.3. The lowest BCUT2D eigenvalue weighted by Gasteiger charge is -2.24. The van der Waals surface area contributed by atoms with Crippen molar-refractivity contribution >= 4 is 27.5 Å². The van der Waals surface area contributed by atoms with Gasteiger partial charge in [-0.2, -0.15) is 13.2 Å². The third-order valence-electron chi connectivity index (χ3n) is 4.39. The summed E-state index contributed by atoms with van der Waals surface area (Å²) in [5.41, 5.74) is 0.479. The summed E-state index contributed by atoms with van der Waals surface area (Å²) in [6.07, 6.45) is -0.366. The lowest BCUT2D eigenvalue weighted by atomic mass is 9.97. The quantitative estimate of drug-likeness (QED) is 0.641. The van der Waals surface area contributed by atoms with Crippen molar-refractivity contribution in [2.45, 2.75) is 52.1 Å². The van der Waals surface area contributed by atoms with E-state index in [0.717, 1.165) is 37.0 Å². The van der Waals surface area contributed by atoms with Crippen LogP contribution in [0, 0.1) is 5.92 Å². The Morgan fingerprint density at radius 3 is 2.61 bits per heavy atom. The van der Waals surface area contributed by atoms with Crippen LogP contribution in [0.2, 0.25) is 0 Å². The van der Waals surface area contributed by atoms with Gasteiger partial charge < -0.3 is 4.90 Å². The van der Waals surface area contributed by atoms with Crippen molar-refractivity contribution in [1.29, 1.82) is 0 Å². The first kappa shape index (κ1) is 18.3. The van der Waals surface area contributed by atoms with Gasteiger partial charge in [-0.1, -0.05) is 42.6 Å². The number of benzene rings is 1. The SMILES string of the molecule is CCCCC(CC)C(=O)N1CCc2c(Br)cc(C(F)(F)F)cc21. The largest absolute Gasteiger partial charge is 0.416 e. The number of fused-ring (bicyclic) bond motifs is 1. The summed E-state index contributed by atoms with van der Waals surface area (Å²) in [7, 11) is 0. The van der Waals surface area contributed by atoms with E-state index in [-0.39, 0.29) is 11.8 Å². The Morgan fingerprint density at radius 1 is 1.35 bits per heavy atom. The number of anilines is 1. The number of carbonyl (C=O) groups excluding carboxylic acids is 1. The maximum atomic E-state index is 13.0. The van der Waals surface area contributed by atoms with Gasteiger partial charge in [-0.25, -0.2) is 0 Å². The molecular formula is C17H21BrF3NO. The van der Waals surface area contributed by atoms with E-state index in [2.05, 4.69) is 22.9 Å². The van der Waals surface area contributed by atoms with Gasteiger partial charge in [0.1, 0.15) is 0 Å². The fourth-order valence-electron chi connectivity index (χ4n) is 3.02. The topological polar surface area (TPSA) is 20.3 Å². The van der Waals surface area contributed by atoms with E-state index in [4.69, 9.17) is 0 Å². The van der Waals surface area contributed by atoms with Gasteiger partial charge in [-0.3, -0.25) is 4.79 Å². The molecular weight excluding hydrogens is 371 g/mol. The van der Waals surface area contributed by atoms with Crippen molar-refractivity contribution in [3.63, 3.8) is 0 Å². The molecule has 1 amide bonds. The smallest absolute Gasteiger partial charge is 0.312 e. The van der Waals surface area contributed by atoms with E-state index in [1.807, 2.05) is 6.92 Å². The van der Waals surface area contributed by atoms with Gasteiger partial charge in [0.2, 0.25) is 5.91 Å². The van der Waals surface area contributed by atoms with Crippen molar-refractivity contribution in [3.8, 4) is 0 Å². The molecule has 1 atom stereocenters. The average Bonchev–Trinajstić information content (AvgIpc) is 2.91. The van der Waals surface area contributed by atoms with E-state index >= 15 is 0 Å². The second-order valence-electron chi connectivity index (χ2n) is 5.94. The first-order valence-corrected chi connectivity index (χ1v) is 8.79. The monoisotopic (exact) mass is 391 g/mol. The molecule has 1 aliphatic heterocycles. The molecule has 0 bridgehead atoms. The summed E-state index contributed by atoms with van der Waals surface area (Å²) in [5, 5.41) is 0. The molecule has 1 aromatic rings. The standard InChI is InChI=1S/C17H21BrF3NO/c1-3-5-6-11(4-2)16(23)22-8-7-13-14(18)9-12(10-15(13)22)17(19,20)21/h9-11H,3-8H2,1-2H3. The Balaban J connectivity index is 2.33. The summed E-state index contributed by atoms with van der Waals surface area (Å²) in [4.78, 5) is 14.3. The third kappa shape index (κ3) is 3.90. The maximum Gasteiger partial charge on any atom is 0.416 e. The lowest BCUT2D eigenvalue weighted by molar-refractivity contribution is -0.137.